The van der Waals surface area contributed by atoms with E-state index in [0.29, 0.717) is 47.9 Å². The van der Waals surface area contributed by atoms with Gasteiger partial charge < -0.3 is 52.3 Å². The van der Waals surface area contributed by atoms with Crippen LogP contribution in [0.4, 0.5) is 0 Å². The molecule has 354 valence electrons. The molecule has 0 aromatic heterocycles. The highest BCUT2D eigenvalue weighted by atomic mass is 16.4. The summed E-state index contributed by atoms with van der Waals surface area (Å²) in [5.74, 6) is -2.32. The van der Waals surface area contributed by atoms with Gasteiger partial charge in [-0.3, -0.25) is 38.6 Å². The number of aliphatic hydroxyl groups excluding tert-OH is 4. The fourth-order valence-electron chi connectivity index (χ4n) is 11.5. The molecule has 6 aliphatic carbocycles. The number of carbonyl (C=O) groups is 6. The summed E-state index contributed by atoms with van der Waals surface area (Å²) in [6.07, 6.45) is 2.12. The van der Waals surface area contributed by atoms with Gasteiger partial charge in [0.1, 0.15) is 45.7 Å². The number of Topliss-reactive ketones (excluding diaryl/α,β-unsaturated/α-hetero) is 4. The molecule has 0 spiro atoms. The number of nitrogens with two attached hydrogens (primary N) is 2. The van der Waals surface area contributed by atoms with Crippen LogP contribution in [0.5, 0.6) is 11.5 Å². The Morgan fingerprint density at radius 2 is 0.971 bits per heavy atom. The summed E-state index contributed by atoms with van der Waals surface area (Å²) in [5.41, 5.74) is 4.72. The predicted octanol–water partition coefficient (Wildman–Crippen LogP) is 1.21. The summed E-state index contributed by atoms with van der Waals surface area (Å²) in [6, 6.07) is 3.37. The fraction of sp³-hybridized carbons (Fsp3) is 0.400. The van der Waals surface area contributed by atoms with E-state index in [2.05, 4.69) is 23.7 Å². The molecule has 0 heterocycles. The first-order chi connectivity index (χ1) is 32.0. The molecule has 2 saturated carbocycles. The Labute approximate surface area is 389 Å². The van der Waals surface area contributed by atoms with Gasteiger partial charge in [-0.2, -0.15) is 0 Å². The molecule has 8 atom stereocenters. The van der Waals surface area contributed by atoms with Gasteiger partial charge in [-0.1, -0.05) is 23.7 Å². The van der Waals surface area contributed by atoms with Crippen molar-refractivity contribution >= 4 is 46.5 Å². The van der Waals surface area contributed by atoms with Gasteiger partial charge in [-0.15, -0.1) is 0 Å². The number of ketones is 4. The Morgan fingerprint density at radius 3 is 1.29 bits per heavy atom. The summed E-state index contributed by atoms with van der Waals surface area (Å²) in [4.78, 5) is 82.4. The van der Waals surface area contributed by atoms with Crippen molar-refractivity contribution in [1.29, 1.82) is 0 Å². The molecule has 0 unspecified atom stereocenters. The summed E-state index contributed by atoms with van der Waals surface area (Å²) in [5, 5.41) is 90.7. The quantitative estimate of drug-likeness (QED) is 0.106. The second kappa shape index (κ2) is 16.8. The van der Waals surface area contributed by atoms with E-state index in [0.717, 1.165) is 0 Å². The molecule has 18 heteroatoms. The topological polar surface area (TPSA) is 323 Å². The van der Waals surface area contributed by atoms with Crippen LogP contribution in [0.15, 0.2) is 58.1 Å². The molecule has 2 amide bonds. The van der Waals surface area contributed by atoms with Crippen molar-refractivity contribution in [2.75, 3.05) is 28.2 Å². The molecule has 68 heavy (non-hydrogen) atoms. The Balaban J connectivity index is 0.989. The van der Waals surface area contributed by atoms with Crippen molar-refractivity contribution in [3.8, 4) is 35.2 Å². The molecular formula is C50H50N4O14. The first kappa shape index (κ1) is 47.3. The molecule has 0 bridgehead atoms. The fourth-order valence-corrected chi connectivity index (χ4v) is 11.5. The normalized spacial score (nSPS) is 28.5. The monoisotopic (exact) mass is 930 g/mol. The van der Waals surface area contributed by atoms with Crippen LogP contribution >= 0.6 is 0 Å². The summed E-state index contributed by atoms with van der Waals surface area (Å²) in [7, 11) is 6.10. The highest BCUT2D eigenvalue weighted by Crippen LogP contribution is 2.55. The number of aromatic hydroxyl groups is 2. The SMILES string of the molecule is CN(C)[C@@H]1C(=O)C(C(N)=O)=C(O)[C@@]2(O)C(=O)C3=C(O)c4c(O)ccc(C#CCCCCC#Cc5ccc(O)c6c5C[C@H]5C[C@H]7[C@@H](N(C)C)C(=O)C(C(N)=O)=C(O)[C@@]7(O)C(=O)C5=C6O)c4C[C@H]3C[C@@H]12. The smallest absolute Gasteiger partial charge is 0.255 e. The lowest BCUT2D eigenvalue weighted by Gasteiger charge is -2.50. The Bertz CT molecular complexity index is 2760. The number of amides is 2. The molecule has 2 aromatic carbocycles. The van der Waals surface area contributed by atoms with Crippen LogP contribution in [-0.2, 0) is 41.6 Å². The van der Waals surface area contributed by atoms with Gasteiger partial charge in [0, 0.05) is 47.0 Å². The van der Waals surface area contributed by atoms with E-state index in [1.165, 1.54) is 50.1 Å². The second-order valence-corrected chi connectivity index (χ2v) is 18.7. The third-order valence-corrected chi connectivity index (χ3v) is 14.5. The number of phenolic OH excluding ortho intramolecular Hbond substituents is 2. The highest BCUT2D eigenvalue weighted by molar-refractivity contribution is 6.25. The number of primary amides is 2. The third-order valence-electron chi connectivity index (χ3n) is 14.5. The van der Waals surface area contributed by atoms with Crippen LogP contribution in [0.25, 0.3) is 11.5 Å². The molecule has 18 nitrogen and oxygen atoms in total. The Hall–Kier alpha value is -7.22. The van der Waals surface area contributed by atoms with Crippen LogP contribution < -0.4 is 11.5 Å². The lowest BCUT2D eigenvalue weighted by Crippen LogP contribution is -2.65. The molecule has 0 saturated heterocycles. The van der Waals surface area contributed by atoms with Gasteiger partial charge in [0.25, 0.3) is 11.8 Å². The first-order valence-electron chi connectivity index (χ1n) is 22.0. The van der Waals surface area contributed by atoms with Crippen molar-refractivity contribution in [2.45, 2.75) is 74.7 Å². The number of hydrogen-bond donors (Lipinski definition) is 10. The van der Waals surface area contributed by atoms with Gasteiger partial charge in [0.15, 0.2) is 22.8 Å². The minimum absolute atomic E-state index is 0.0603. The zero-order valence-corrected chi connectivity index (χ0v) is 37.5. The van der Waals surface area contributed by atoms with E-state index in [1.807, 2.05) is 0 Å². The number of phenols is 2. The summed E-state index contributed by atoms with van der Waals surface area (Å²) >= 11 is 0. The van der Waals surface area contributed by atoms with Crippen molar-refractivity contribution in [3.63, 3.8) is 0 Å². The number of likely N-dealkylation sites (N-methyl/N-ethyl adjacent to an activating group) is 2. The number of fused-ring (bicyclic) bond motifs is 6. The van der Waals surface area contributed by atoms with Crippen molar-refractivity contribution in [1.82, 2.24) is 9.80 Å². The molecule has 12 N–H and O–H groups in total. The lowest BCUT2D eigenvalue weighted by atomic mass is 9.57. The maximum absolute atomic E-state index is 14.1. The molecule has 2 aromatic rings. The Morgan fingerprint density at radius 1 is 0.618 bits per heavy atom. The number of carbonyl (C=O) groups excluding carboxylic acids is 6. The van der Waals surface area contributed by atoms with Crippen molar-refractivity contribution in [3.05, 3.63) is 91.5 Å². The van der Waals surface area contributed by atoms with Gasteiger partial charge in [0.2, 0.25) is 11.6 Å². The standard InChI is InChI=1S/C50H50N4O14/c1-53(2)37-27-19-23-17-25-21(13-15-29(55)33(25)39(57)31(23)43(61)49(27,67)45(63)35(41(37)59)47(51)65)11-9-7-5-6-8-10-12-22-14-16-30(56)34-26(22)18-24-20-28-38(54(3)4)42(60)36(48(52)66)46(64)50(28,68)44(62)32(24)40(34)58/h13-16,23-24,27-28,37-38,55-58,63-64,67-68H,5-8,17-20H2,1-4H3,(H2,51,65)(H2,52,66)/t23-,24-,27-,28-,37-,38+,49-,50-/m0/s1. The van der Waals surface area contributed by atoms with Crippen LogP contribution in [0.2, 0.25) is 0 Å². The van der Waals surface area contributed by atoms with Gasteiger partial charge in [-0.05, 0) is 114 Å². The highest BCUT2D eigenvalue weighted by Gasteiger charge is 2.66. The summed E-state index contributed by atoms with van der Waals surface area (Å²) in [6.45, 7) is 0. The maximum Gasteiger partial charge on any atom is 0.255 e. The van der Waals surface area contributed by atoms with Crippen molar-refractivity contribution in [2.24, 2.45) is 35.1 Å². The van der Waals surface area contributed by atoms with E-state index >= 15 is 0 Å². The second-order valence-electron chi connectivity index (χ2n) is 18.7. The molecule has 0 radical (unpaired) electrons. The van der Waals surface area contributed by atoms with E-state index < -0.39 is 116 Å². The third kappa shape index (κ3) is 6.81. The molecular weight excluding hydrogens is 881 g/mol. The van der Waals surface area contributed by atoms with Gasteiger partial charge in [-0.25, -0.2) is 0 Å². The van der Waals surface area contributed by atoms with E-state index in [9.17, 15) is 69.6 Å². The number of unbranched alkanes of at least 4 members (excludes halogenated alkanes) is 3. The van der Waals surface area contributed by atoms with Crippen LogP contribution in [0, 0.1) is 47.4 Å². The lowest BCUT2D eigenvalue weighted by molar-refractivity contribution is -0.155. The first-order valence-corrected chi connectivity index (χ1v) is 22.0. The number of nitrogens with zero attached hydrogens (tertiary/aromatic N) is 2. The van der Waals surface area contributed by atoms with E-state index in [4.69, 9.17) is 11.5 Å². The van der Waals surface area contributed by atoms with E-state index in [1.54, 1.807) is 12.1 Å². The van der Waals surface area contributed by atoms with Crippen molar-refractivity contribution < 1.29 is 69.6 Å². The zero-order valence-electron chi connectivity index (χ0n) is 37.5. The number of rotatable bonds is 7. The van der Waals surface area contributed by atoms with Gasteiger partial charge >= 0.3 is 0 Å². The van der Waals surface area contributed by atoms with E-state index in [-0.39, 0.29) is 59.5 Å². The average molecular weight is 931 g/mol. The number of benzene rings is 2. The molecule has 0 aliphatic heterocycles. The minimum Gasteiger partial charge on any atom is -0.508 e. The Kier molecular flexibility index (Phi) is 11.7. The minimum atomic E-state index is -2.75. The van der Waals surface area contributed by atoms with Crippen LogP contribution in [0.1, 0.15) is 71.9 Å². The van der Waals surface area contributed by atoms with Crippen LogP contribution in [-0.4, -0.2) is 137 Å². The molecule has 2 fully saturated rings. The summed E-state index contributed by atoms with van der Waals surface area (Å²) < 4.78 is 0. The van der Waals surface area contributed by atoms with Gasteiger partial charge in [0.05, 0.1) is 23.2 Å². The van der Waals surface area contributed by atoms with Crippen LogP contribution in [0.3, 0.4) is 0 Å². The molecule has 8 rings (SSSR count). The number of hydrogen-bond acceptors (Lipinski definition) is 16. The number of aliphatic hydroxyl groups is 6. The predicted molar refractivity (Wildman–Crippen MR) is 241 cm³/mol. The zero-order chi connectivity index (χ0) is 49.6. The average Bonchev–Trinajstić information content (AvgIpc) is 3.25. The largest absolute Gasteiger partial charge is 0.508 e. The maximum atomic E-state index is 14.1. The molecule has 6 aliphatic rings.